The molecule has 4 nitrogen and oxygen atoms in total. The summed E-state index contributed by atoms with van der Waals surface area (Å²) >= 11 is 0. The summed E-state index contributed by atoms with van der Waals surface area (Å²) in [5.74, 6) is 0. The lowest BCUT2D eigenvalue weighted by Gasteiger charge is -2.15. The van der Waals surface area contributed by atoms with Gasteiger partial charge in [0.15, 0.2) is 0 Å². The van der Waals surface area contributed by atoms with Crippen molar-refractivity contribution < 1.29 is 9.84 Å². The van der Waals surface area contributed by atoms with E-state index in [1.807, 2.05) is 24.7 Å². The maximum atomic E-state index is 8.96. The van der Waals surface area contributed by atoms with Crippen LogP contribution in [0, 0.1) is 13.8 Å². The molecule has 2 rings (SSSR count). The summed E-state index contributed by atoms with van der Waals surface area (Å²) in [5.41, 5.74) is 2.19. The van der Waals surface area contributed by atoms with Gasteiger partial charge in [0.25, 0.3) is 0 Å². The van der Waals surface area contributed by atoms with E-state index in [9.17, 15) is 0 Å². The van der Waals surface area contributed by atoms with Crippen LogP contribution in [0.15, 0.2) is 6.33 Å². The number of aromatic nitrogens is 2. The third-order valence-corrected chi connectivity index (χ3v) is 2.89. The van der Waals surface area contributed by atoms with Gasteiger partial charge in [0, 0.05) is 5.69 Å². The van der Waals surface area contributed by atoms with Crippen molar-refractivity contribution in [2.45, 2.75) is 39.0 Å². The quantitative estimate of drug-likeness (QED) is 0.772. The third kappa shape index (κ3) is 1.55. The van der Waals surface area contributed by atoms with Gasteiger partial charge >= 0.3 is 0 Å². The molecule has 0 aliphatic carbocycles. The predicted octanol–water partition coefficient (Wildman–Crippen LogP) is 1.17. The topological polar surface area (TPSA) is 47.3 Å². The highest BCUT2D eigenvalue weighted by molar-refractivity contribution is 5.09. The molecule has 1 N–H and O–H groups in total. The van der Waals surface area contributed by atoms with E-state index >= 15 is 0 Å². The van der Waals surface area contributed by atoms with E-state index in [0.29, 0.717) is 0 Å². The van der Waals surface area contributed by atoms with E-state index in [1.54, 1.807) is 0 Å². The van der Waals surface area contributed by atoms with Gasteiger partial charge in [-0.2, -0.15) is 0 Å². The number of hydrogen-bond donors (Lipinski definition) is 1. The molecule has 1 aliphatic heterocycles. The van der Waals surface area contributed by atoms with E-state index in [2.05, 4.69) is 4.98 Å². The van der Waals surface area contributed by atoms with Gasteiger partial charge in [-0.3, -0.25) is 0 Å². The van der Waals surface area contributed by atoms with Crippen LogP contribution in [0.25, 0.3) is 0 Å². The van der Waals surface area contributed by atoms with Crippen LogP contribution in [0.3, 0.4) is 0 Å². The Labute approximate surface area is 83.5 Å². The molecule has 78 valence electrons. The summed E-state index contributed by atoms with van der Waals surface area (Å²) < 4.78 is 7.71. The molecule has 0 bridgehead atoms. The molecule has 0 amide bonds. The third-order valence-electron chi connectivity index (χ3n) is 2.89. The van der Waals surface area contributed by atoms with Gasteiger partial charge in [0.1, 0.15) is 6.23 Å². The number of nitrogens with zero attached hydrogens (tertiary/aromatic N) is 2. The number of imidazole rings is 1. The molecule has 2 unspecified atom stereocenters. The van der Waals surface area contributed by atoms with Crippen LogP contribution in [0.5, 0.6) is 0 Å². The zero-order valence-corrected chi connectivity index (χ0v) is 8.60. The molecule has 1 aliphatic rings. The Hall–Kier alpha value is -0.870. The minimum atomic E-state index is 0.00195. The van der Waals surface area contributed by atoms with Crippen molar-refractivity contribution in [3.63, 3.8) is 0 Å². The maximum Gasteiger partial charge on any atom is 0.135 e. The van der Waals surface area contributed by atoms with Crippen molar-refractivity contribution in [2.24, 2.45) is 0 Å². The summed E-state index contributed by atoms with van der Waals surface area (Å²) in [6, 6.07) is 0. The normalized spacial score (nSPS) is 27.1. The van der Waals surface area contributed by atoms with Gasteiger partial charge in [-0.15, -0.1) is 0 Å². The average Bonchev–Trinajstić information content (AvgIpc) is 2.75. The number of rotatable bonds is 2. The number of aliphatic hydroxyl groups is 1. The van der Waals surface area contributed by atoms with Crippen LogP contribution in [-0.4, -0.2) is 27.4 Å². The second-order valence-corrected chi connectivity index (χ2v) is 3.80. The van der Waals surface area contributed by atoms with E-state index in [-0.39, 0.29) is 18.9 Å². The van der Waals surface area contributed by atoms with Crippen LogP contribution in [0.4, 0.5) is 0 Å². The van der Waals surface area contributed by atoms with Gasteiger partial charge in [-0.25, -0.2) is 4.98 Å². The van der Waals surface area contributed by atoms with E-state index in [4.69, 9.17) is 9.84 Å². The Morgan fingerprint density at radius 1 is 1.57 bits per heavy atom. The van der Waals surface area contributed by atoms with Gasteiger partial charge < -0.3 is 14.4 Å². The summed E-state index contributed by atoms with van der Waals surface area (Å²) in [6.45, 7) is 4.14. The standard InChI is InChI=1S/C10H16N2O2/c1-7-8(2)12(6-11-7)10-4-3-9(5-13)14-10/h6,9-10,13H,3-5H2,1-2H3. The molecule has 14 heavy (non-hydrogen) atoms. The molecule has 2 atom stereocenters. The molecule has 0 spiro atoms. The summed E-state index contributed by atoms with van der Waals surface area (Å²) in [4.78, 5) is 4.23. The highest BCUT2D eigenvalue weighted by atomic mass is 16.5. The second-order valence-electron chi connectivity index (χ2n) is 3.80. The van der Waals surface area contributed by atoms with Crippen molar-refractivity contribution in [1.29, 1.82) is 0 Å². The van der Waals surface area contributed by atoms with Crippen LogP contribution < -0.4 is 0 Å². The number of ether oxygens (including phenoxy) is 1. The first-order chi connectivity index (χ1) is 6.72. The molecule has 2 heterocycles. The molecule has 1 saturated heterocycles. The van der Waals surface area contributed by atoms with E-state index in [0.717, 1.165) is 24.2 Å². The minimum absolute atomic E-state index is 0.00195. The number of aryl methyl sites for hydroxylation is 1. The van der Waals surface area contributed by atoms with Crippen LogP contribution >= 0.6 is 0 Å². The zero-order chi connectivity index (χ0) is 10.1. The van der Waals surface area contributed by atoms with E-state index in [1.165, 1.54) is 0 Å². The fraction of sp³-hybridized carbons (Fsp3) is 0.700. The smallest absolute Gasteiger partial charge is 0.135 e. The summed E-state index contributed by atoms with van der Waals surface area (Å²) in [5, 5.41) is 8.96. The van der Waals surface area contributed by atoms with Crippen LogP contribution in [-0.2, 0) is 4.74 Å². The van der Waals surface area contributed by atoms with Gasteiger partial charge in [0.05, 0.1) is 24.7 Å². The van der Waals surface area contributed by atoms with Crippen molar-refractivity contribution in [3.05, 3.63) is 17.7 Å². The number of aliphatic hydroxyl groups excluding tert-OH is 1. The largest absolute Gasteiger partial charge is 0.394 e. The average molecular weight is 196 g/mol. The Morgan fingerprint density at radius 3 is 2.86 bits per heavy atom. The van der Waals surface area contributed by atoms with Crippen molar-refractivity contribution >= 4 is 0 Å². The fourth-order valence-corrected chi connectivity index (χ4v) is 1.83. The molecule has 1 aromatic heterocycles. The van der Waals surface area contributed by atoms with Gasteiger partial charge in [-0.1, -0.05) is 0 Å². The molecule has 1 aromatic rings. The lowest BCUT2D eigenvalue weighted by molar-refractivity contribution is -0.0232. The SMILES string of the molecule is Cc1ncn(C2CCC(CO)O2)c1C. The van der Waals surface area contributed by atoms with Gasteiger partial charge in [-0.05, 0) is 26.7 Å². The Balaban J connectivity index is 2.13. The Bertz CT molecular complexity index is 322. The lowest BCUT2D eigenvalue weighted by Crippen LogP contribution is -2.14. The molecule has 4 heteroatoms. The minimum Gasteiger partial charge on any atom is -0.394 e. The monoisotopic (exact) mass is 196 g/mol. The lowest BCUT2D eigenvalue weighted by atomic mass is 10.2. The van der Waals surface area contributed by atoms with Crippen LogP contribution in [0.2, 0.25) is 0 Å². The van der Waals surface area contributed by atoms with Crippen molar-refractivity contribution in [3.8, 4) is 0 Å². The summed E-state index contributed by atoms with van der Waals surface area (Å²) in [6.07, 6.45) is 3.77. The predicted molar refractivity (Wildman–Crippen MR) is 51.9 cm³/mol. The molecule has 0 radical (unpaired) electrons. The Kier molecular flexibility index (Phi) is 2.56. The highest BCUT2D eigenvalue weighted by Gasteiger charge is 2.26. The molecule has 1 fully saturated rings. The zero-order valence-electron chi connectivity index (χ0n) is 8.60. The first-order valence-corrected chi connectivity index (χ1v) is 4.98. The maximum absolute atomic E-state index is 8.96. The first-order valence-electron chi connectivity index (χ1n) is 4.98. The van der Waals surface area contributed by atoms with Crippen molar-refractivity contribution in [2.75, 3.05) is 6.61 Å². The molecular weight excluding hydrogens is 180 g/mol. The fourth-order valence-electron chi connectivity index (χ4n) is 1.83. The van der Waals surface area contributed by atoms with E-state index < -0.39 is 0 Å². The highest BCUT2D eigenvalue weighted by Crippen LogP contribution is 2.29. The first kappa shape index (κ1) is 9.68. The van der Waals surface area contributed by atoms with Crippen LogP contribution in [0.1, 0.15) is 30.5 Å². The molecule has 0 saturated carbocycles. The molecular formula is C10H16N2O2. The second kappa shape index (κ2) is 3.71. The Morgan fingerprint density at radius 2 is 2.36 bits per heavy atom. The van der Waals surface area contributed by atoms with Gasteiger partial charge in [0.2, 0.25) is 0 Å². The summed E-state index contributed by atoms with van der Waals surface area (Å²) in [7, 11) is 0. The number of hydrogen-bond acceptors (Lipinski definition) is 3. The van der Waals surface area contributed by atoms with Crippen molar-refractivity contribution in [1.82, 2.24) is 9.55 Å². The molecule has 0 aromatic carbocycles.